The van der Waals surface area contributed by atoms with E-state index in [-0.39, 0.29) is 72.1 Å². The third kappa shape index (κ3) is 10.2. The Morgan fingerprint density at radius 1 is 0.943 bits per heavy atom. The molecule has 4 rings (SSSR count). The summed E-state index contributed by atoms with van der Waals surface area (Å²) >= 11 is 0. The molecule has 3 fully saturated rings. The van der Waals surface area contributed by atoms with Gasteiger partial charge in [0, 0.05) is 39.2 Å². The molecule has 0 aromatic carbocycles. The van der Waals surface area contributed by atoms with E-state index >= 15 is 0 Å². The first-order valence-electron chi connectivity index (χ1n) is 20.1. The number of cyclic esters (lactones) is 1. The van der Waals surface area contributed by atoms with Crippen LogP contribution in [0.15, 0.2) is 23.8 Å². The van der Waals surface area contributed by atoms with Crippen LogP contribution in [-0.4, -0.2) is 117 Å². The van der Waals surface area contributed by atoms with Gasteiger partial charge < -0.3 is 49.1 Å². The van der Waals surface area contributed by atoms with Gasteiger partial charge in [-0.05, 0) is 99.7 Å². The summed E-state index contributed by atoms with van der Waals surface area (Å²) < 4.78 is 35.5. The van der Waals surface area contributed by atoms with Gasteiger partial charge in [0.25, 0.3) is 0 Å². The molecule has 0 aromatic heterocycles. The largest absolute Gasteiger partial charge is 0.462 e. The minimum absolute atomic E-state index is 0.00704. The van der Waals surface area contributed by atoms with Gasteiger partial charge in [-0.3, -0.25) is 9.59 Å². The van der Waals surface area contributed by atoms with Gasteiger partial charge in [-0.2, -0.15) is 0 Å². The minimum atomic E-state index is -1.27. The van der Waals surface area contributed by atoms with Crippen molar-refractivity contribution in [2.24, 2.45) is 41.4 Å². The minimum Gasteiger partial charge on any atom is -0.462 e. The Morgan fingerprint density at radius 2 is 1.64 bits per heavy atom. The van der Waals surface area contributed by atoms with Gasteiger partial charge in [0.15, 0.2) is 18.4 Å². The van der Waals surface area contributed by atoms with Crippen LogP contribution in [0.3, 0.4) is 0 Å². The smallest absolute Gasteiger partial charge is 0.306 e. The number of ketones is 1. The molecule has 53 heavy (non-hydrogen) atoms. The zero-order valence-corrected chi connectivity index (χ0v) is 33.5. The fourth-order valence-corrected chi connectivity index (χ4v) is 9.90. The van der Waals surface area contributed by atoms with E-state index in [4.69, 9.17) is 28.4 Å². The molecule has 0 bridgehead atoms. The number of methoxy groups -OCH3 is 3. The maximum Gasteiger partial charge on any atom is 0.306 e. The van der Waals surface area contributed by atoms with Crippen LogP contribution < -0.4 is 5.32 Å². The normalized spacial score (nSPS) is 37.3. The molecule has 4 N–H and O–H groups in total. The average Bonchev–Trinajstić information content (AvgIpc) is 3.74. The van der Waals surface area contributed by atoms with E-state index in [1.807, 2.05) is 53.8 Å². The number of allylic oxidation sites excluding steroid dienone is 2. The topological polar surface area (TPSA) is 162 Å². The third-order valence-corrected chi connectivity index (χ3v) is 13.0. The fourth-order valence-electron chi connectivity index (χ4n) is 9.90. The molecule has 0 aromatic rings. The van der Waals surface area contributed by atoms with Crippen molar-refractivity contribution in [1.82, 2.24) is 5.32 Å². The van der Waals surface area contributed by atoms with Gasteiger partial charge in [0.2, 0.25) is 0 Å². The molecule has 17 atom stereocenters. The van der Waals surface area contributed by atoms with Crippen molar-refractivity contribution >= 4 is 11.8 Å². The van der Waals surface area contributed by atoms with Gasteiger partial charge in [-0.1, -0.05) is 46.8 Å². The molecule has 2 unspecified atom stereocenters. The second kappa shape index (κ2) is 20.4. The first kappa shape index (κ1) is 44.0. The average molecular weight is 752 g/mol. The monoisotopic (exact) mass is 751 g/mol. The Balaban J connectivity index is 1.61. The van der Waals surface area contributed by atoms with Crippen LogP contribution >= 0.6 is 0 Å². The number of ether oxygens (including phenoxy) is 6. The lowest BCUT2D eigenvalue weighted by molar-refractivity contribution is -0.234. The van der Waals surface area contributed by atoms with Crippen molar-refractivity contribution in [3.63, 3.8) is 0 Å². The Kier molecular flexibility index (Phi) is 17.0. The predicted octanol–water partition coefficient (Wildman–Crippen LogP) is 4.33. The van der Waals surface area contributed by atoms with Crippen LogP contribution in [0.5, 0.6) is 0 Å². The van der Waals surface area contributed by atoms with Gasteiger partial charge in [0.1, 0.15) is 18.3 Å². The molecule has 0 amide bonds. The maximum atomic E-state index is 14.6. The molecule has 0 radical (unpaired) electrons. The quantitative estimate of drug-likeness (QED) is 0.101. The molecule has 304 valence electrons. The van der Waals surface area contributed by atoms with Crippen LogP contribution in [0.25, 0.3) is 0 Å². The van der Waals surface area contributed by atoms with Crippen LogP contribution in [0.4, 0.5) is 0 Å². The SMILES string of the molecule is CC[C@H]1CCC[C@H](O[C@H](O)/C=C/[C@@H](CC)NC)[C@@H](C)C(=O)C2=C[C@H]3[C@@H]4C[C@H](O[C@H](O)C(OC)C(OC)[C@H](CC)OC)C[C@H]4[C@H](C)[C@@H](O)[C@H]3[C@@H]2CC(=O)O1. The molecule has 1 aliphatic heterocycles. The van der Waals surface area contributed by atoms with E-state index in [2.05, 4.69) is 5.32 Å². The van der Waals surface area contributed by atoms with E-state index in [1.54, 1.807) is 20.3 Å². The van der Waals surface area contributed by atoms with Crippen molar-refractivity contribution in [3.05, 3.63) is 23.8 Å². The first-order chi connectivity index (χ1) is 25.4. The van der Waals surface area contributed by atoms with E-state index < -0.39 is 48.8 Å². The number of Topliss-reactive ketones (excluding diaryl/α,β-unsaturated/α-hetero) is 1. The summed E-state index contributed by atoms with van der Waals surface area (Å²) in [6.07, 6.45) is 4.75. The number of esters is 1. The van der Waals surface area contributed by atoms with E-state index in [1.165, 1.54) is 7.11 Å². The highest BCUT2D eigenvalue weighted by molar-refractivity contribution is 5.99. The van der Waals surface area contributed by atoms with Crippen LogP contribution in [0, 0.1) is 41.4 Å². The molecular formula is C41H69NO11. The molecule has 1 saturated heterocycles. The molecule has 12 heteroatoms. The summed E-state index contributed by atoms with van der Waals surface area (Å²) in [4.78, 5) is 28.1. The number of fused-ring (bicyclic) bond motifs is 5. The Labute approximate surface area is 317 Å². The number of rotatable bonds is 16. The lowest BCUT2D eigenvalue weighted by atomic mass is 9.61. The van der Waals surface area contributed by atoms with E-state index in [9.17, 15) is 24.9 Å². The zero-order chi connectivity index (χ0) is 39.0. The zero-order valence-electron chi connectivity index (χ0n) is 33.5. The molecule has 3 aliphatic carbocycles. The molecule has 2 saturated carbocycles. The lowest BCUT2D eigenvalue weighted by Gasteiger charge is -2.46. The Morgan fingerprint density at radius 3 is 2.25 bits per heavy atom. The predicted molar refractivity (Wildman–Crippen MR) is 199 cm³/mol. The second-order valence-electron chi connectivity index (χ2n) is 15.8. The number of aliphatic hydroxyl groups excluding tert-OH is 3. The lowest BCUT2D eigenvalue weighted by Crippen LogP contribution is -2.49. The summed E-state index contributed by atoms with van der Waals surface area (Å²) in [5, 5.41) is 37.4. The van der Waals surface area contributed by atoms with E-state index in [0.717, 1.165) is 6.42 Å². The van der Waals surface area contributed by atoms with Gasteiger partial charge >= 0.3 is 5.97 Å². The third-order valence-electron chi connectivity index (χ3n) is 13.0. The molecule has 0 spiro atoms. The number of hydrogen-bond acceptors (Lipinski definition) is 12. The maximum absolute atomic E-state index is 14.6. The van der Waals surface area contributed by atoms with Crippen LogP contribution in [0.1, 0.15) is 92.4 Å². The summed E-state index contributed by atoms with van der Waals surface area (Å²) in [6, 6.07) is 0.0885. The van der Waals surface area contributed by atoms with Gasteiger partial charge in [-0.25, -0.2) is 0 Å². The molecular weight excluding hydrogens is 682 g/mol. The van der Waals surface area contributed by atoms with Crippen molar-refractivity contribution in [2.45, 2.75) is 154 Å². The first-order valence-corrected chi connectivity index (χ1v) is 20.1. The number of carbonyl (C=O) groups excluding carboxylic acids is 2. The number of nitrogens with one attached hydrogen (secondary N) is 1. The fraction of sp³-hybridized carbons (Fsp3) is 0.854. The Bertz CT molecular complexity index is 1220. The van der Waals surface area contributed by atoms with Crippen LogP contribution in [0.2, 0.25) is 0 Å². The van der Waals surface area contributed by atoms with E-state index in [0.29, 0.717) is 50.5 Å². The van der Waals surface area contributed by atoms with Crippen molar-refractivity contribution in [2.75, 3.05) is 28.4 Å². The van der Waals surface area contributed by atoms with Crippen LogP contribution in [-0.2, 0) is 38.0 Å². The van der Waals surface area contributed by atoms with Crippen molar-refractivity contribution < 1.29 is 53.3 Å². The highest BCUT2D eigenvalue weighted by atomic mass is 16.6. The molecule has 1 heterocycles. The van der Waals surface area contributed by atoms with Crippen molar-refractivity contribution in [1.29, 1.82) is 0 Å². The highest BCUT2D eigenvalue weighted by Gasteiger charge is 2.58. The summed E-state index contributed by atoms with van der Waals surface area (Å²) in [5.41, 5.74) is 0.543. The summed E-state index contributed by atoms with van der Waals surface area (Å²) in [5.74, 6) is -2.09. The molecule has 4 aliphatic rings. The van der Waals surface area contributed by atoms with Gasteiger partial charge in [0.05, 0.1) is 30.8 Å². The number of likely N-dealkylation sites (N-methyl/N-ethyl adjacent to an activating group) is 1. The Hall–Kier alpha value is -1.74. The number of aliphatic hydroxyl groups is 3. The number of carbonyl (C=O) groups is 2. The van der Waals surface area contributed by atoms with Crippen molar-refractivity contribution in [3.8, 4) is 0 Å². The van der Waals surface area contributed by atoms with Gasteiger partial charge in [-0.15, -0.1) is 0 Å². The summed E-state index contributed by atoms with van der Waals surface area (Å²) in [6.45, 7) is 9.91. The second-order valence-corrected chi connectivity index (χ2v) is 15.8. The standard InChI is InChI=1S/C41H69NO11/c1-10-24(42-6)16-17-34(43)53-33-15-13-14-25(11-2)51-35(44)21-30-31(37(45)23(33)5)20-29-28-19-26(18-27(28)22(4)38(46)36(29)30)52-41(47)40(50-9)39(49-8)32(12-3)48-7/h16-17,20,22-30,32-34,36,38-43,46-47H,10-15,18-19,21H2,1-9H3/b17-16+/t22-,23+,24+,25-,26+,27-,28+,29-,30+,32-,33-,34-,36+,38+,39?,40?,41-/m0/s1. The number of hydrogen-bond donors (Lipinski definition) is 4. The summed E-state index contributed by atoms with van der Waals surface area (Å²) in [7, 11) is 6.54. The highest BCUT2D eigenvalue weighted by Crippen LogP contribution is 2.58. The molecule has 12 nitrogen and oxygen atoms in total.